The van der Waals surface area contributed by atoms with Crippen LogP contribution in [0.15, 0.2) is 41.5 Å². The third-order valence-corrected chi connectivity index (χ3v) is 3.05. The van der Waals surface area contributed by atoms with Crippen molar-refractivity contribution in [3.05, 3.63) is 47.1 Å². The van der Waals surface area contributed by atoms with E-state index in [0.29, 0.717) is 18.0 Å². The smallest absolute Gasteiger partial charge is 0.328 e. The van der Waals surface area contributed by atoms with Gasteiger partial charge >= 0.3 is 5.69 Å². The molecule has 0 aliphatic carbocycles. The molecule has 1 aromatic heterocycles. The number of nitrogens with zero attached hydrogens (tertiary/aromatic N) is 2. The Kier molecular flexibility index (Phi) is 4.81. The molecule has 0 radical (unpaired) electrons. The highest BCUT2D eigenvalue weighted by Crippen LogP contribution is 2.16. The Hall–Kier alpha value is -2.50. The third kappa shape index (κ3) is 3.75. The van der Waals surface area contributed by atoms with Crippen molar-refractivity contribution in [3.63, 3.8) is 0 Å². The van der Waals surface area contributed by atoms with Crippen molar-refractivity contribution < 1.29 is 9.53 Å². The Morgan fingerprint density at radius 1 is 1.29 bits per heavy atom. The number of hydrogen-bond acceptors (Lipinski definition) is 3. The SMILES string of the molecule is CCCn1ccn(CC(=O)Nc2cccc(OC)c2)c1=O. The number of carbonyl (C=O) groups is 1. The minimum absolute atomic E-state index is 0.00719. The van der Waals surface area contributed by atoms with Gasteiger partial charge in [-0.1, -0.05) is 13.0 Å². The lowest BCUT2D eigenvalue weighted by molar-refractivity contribution is -0.116. The maximum Gasteiger partial charge on any atom is 0.328 e. The molecule has 6 heteroatoms. The van der Waals surface area contributed by atoms with Crippen molar-refractivity contribution in [2.45, 2.75) is 26.4 Å². The van der Waals surface area contributed by atoms with Crippen molar-refractivity contribution in [1.29, 1.82) is 0 Å². The van der Waals surface area contributed by atoms with Crippen LogP contribution in [0, 0.1) is 0 Å². The summed E-state index contributed by atoms with van der Waals surface area (Å²) < 4.78 is 8.08. The van der Waals surface area contributed by atoms with E-state index in [1.807, 2.05) is 6.92 Å². The average molecular weight is 289 g/mol. The molecule has 6 nitrogen and oxygen atoms in total. The number of ether oxygens (including phenoxy) is 1. The van der Waals surface area contributed by atoms with Gasteiger partial charge in [-0.2, -0.15) is 0 Å². The molecular formula is C15H19N3O3. The summed E-state index contributed by atoms with van der Waals surface area (Å²) in [5.41, 5.74) is 0.470. The summed E-state index contributed by atoms with van der Waals surface area (Å²) in [6.07, 6.45) is 4.20. The molecule has 2 aromatic rings. The van der Waals surface area contributed by atoms with E-state index >= 15 is 0 Å². The first-order chi connectivity index (χ1) is 10.1. The molecule has 0 fully saturated rings. The zero-order valence-electron chi connectivity index (χ0n) is 12.2. The lowest BCUT2D eigenvalue weighted by atomic mass is 10.3. The summed E-state index contributed by atoms with van der Waals surface area (Å²) in [5.74, 6) is 0.415. The quantitative estimate of drug-likeness (QED) is 0.880. The molecule has 21 heavy (non-hydrogen) atoms. The second-order valence-corrected chi connectivity index (χ2v) is 4.68. The number of aryl methyl sites for hydroxylation is 1. The van der Waals surface area contributed by atoms with E-state index in [-0.39, 0.29) is 18.1 Å². The van der Waals surface area contributed by atoms with Gasteiger partial charge in [0.25, 0.3) is 0 Å². The van der Waals surface area contributed by atoms with Crippen LogP contribution in [0.2, 0.25) is 0 Å². The molecule has 0 atom stereocenters. The van der Waals surface area contributed by atoms with Crippen molar-refractivity contribution in [1.82, 2.24) is 9.13 Å². The van der Waals surface area contributed by atoms with E-state index in [1.54, 1.807) is 48.3 Å². The molecule has 0 bridgehead atoms. The van der Waals surface area contributed by atoms with Crippen LogP contribution in [0.25, 0.3) is 0 Å². The van der Waals surface area contributed by atoms with Gasteiger partial charge in [0.1, 0.15) is 12.3 Å². The molecule has 0 spiro atoms. The summed E-state index contributed by atoms with van der Waals surface area (Å²) >= 11 is 0. The van der Waals surface area contributed by atoms with E-state index in [2.05, 4.69) is 5.32 Å². The highest BCUT2D eigenvalue weighted by Gasteiger charge is 2.08. The molecule has 0 aliphatic rings. The Morgan fingerprint density at radius 2 is 2.05 bits per heavy atom. The molecule has 1 amide bonds. The molecule has 1 N–H and O–H groups in total. The highest BCUT2D eigenvalue weighted by atomic mass is 16.5. The maximum absolute atomic E-state index is 12.0. The first-order valence-corrected chi connectivity index (χ1v) is 6.83. The molecule has 0 aliphatic heterocycles. The van der Waals surface area contributed by atoms with Crippen LogP contribution in [-0.4, -0.2) is 22.2 Å². The van der Waals surface area contributed by atoms with Gasteiger partial charge in [0.2, 0.25) is 5.91 Å². The molecule has 1 aromatic carbocycles. The Balaban J connectivity index is 2.03. The van der Waals surface area contributed by atoms with Crippen LogP contribution in [0.3, 0.4) is 0 Å². The number of hydrogen-bond donors (Lipinski definition) is 1. The number of amides is 1. The lowest BCUT2D eigenvalue weighted by Gasteiger charge is -2.07. The summed E-state index contributed by atoms with van der Waals surface area (Å²) in [7, 11) is 1.57. The van der Waals surface area contributed by atoms with Crippen LogP contribution in [0.4, 0.5) is 5.69 Å². The number of imidazole rings is 1. The number of carbonyl (C=O) groups excluding carboxylic acids is 1. The molecule has 0 unspecified atom stereocenters. The molecule has 0 saturated carbocycles. The van der Waals surface area contributed by atoms with Gasteiger partial charge in [-0.15, -0.1) is 0 Å². The first-order valence-electron chi connectivity index (χ1n) is 6.83. The second-order valence-electron chi connectivity index (χ2n) is 4.68. The zero-order chi connectivity index (χ0) is 15.2. The van der Waals surface area contributed by atoms with Crippen LogP contribution in [0.5, 0.6) is 5.75 Å². The first kappa shape index (κ1) is 14.9. The molecule has 2 rings (SSSR count). The van der Waals surface area contributed by atoms with Gasteiger partial charge in [-0.25, -0.2) is 4.79 Å². The molecule has 0 saturated heterocycles. The monoisotopic (exact) mass is 289 g/mol. The van der Waals surface area contributed by atoms with E-state index in [0.717, 1.165) is 6.42 Å². The van der Waals surface area contributed by atoms with Crippen molar-refractivity contribution >= 4 is 11.6 Å². The normalized spacial score (nSPS) is 10.4. The number of rotatable bonds is 6. The van der Waals surface area contributed by atoms with Crippen molar-refractivity contribution in [3.8, 4) is 5.75 Å². The van der Waals surface area contributed by atoms with Crippen LogP contribution < -0.4 is 15.7 Å². The van der Waals surface area contributed by atoms with Crippen LogP contribution in [-0.2, 0) is 17.9 Å². The van der Waals surface area contributed by atoms with Gasteiger partial charge in [0.15, 0.2) is 0 Å². The fourth-order valence-corrected chi connectivity index (χ4v) is 2.04. The molecule has 112 valence electrons. The Labute approximate surface area is 123 Å². The van der Waals surface area contributed by atoms with Crippen molar-refractivity contribution in [2.75, 3.05) is 12.4 Å². The van der Waals surface area contributed by atoms with E-state index in [4.69, 9.17) is 4.74 Å². The minimum Gasteiger partial charge on any atom is -0.497 e. The Morgan fingerprint density at radius 3 is 2.76 bits per heavy atom. The van der Waals surface area contributed by atoms with Gasteiger partial charge in [0, 0.05) is 30.7 Å². The standard InChI is InChI=1S/C15H19N3O3/c1-3-7-17-8-9-18(15(17)20)11-14(19)16-12-5-4-6-13(10-12)21-2/h4-6,8-10H,3,7,11H2,1-2H3,(H,16,19). The minimum atomic E-state index is -0.250. The number of anilines is 1. The van der Waals surface area contributed by atoms with E-state index in [1.165, 1.54) is 4.57 Å². The molecular weight excluding hydrogens is 270 g/mol. The van der Waals surface area contributed by atoms with Gasteiger partial charge in [0.05, 0.1) is 7.11 Å². The summed E-state index contributed by atoms with van der Waals surface area (Å²) in [6.45, 7) is 2.65. The number of nitrogens with one attached hydrogen (secondary N) is 1. The van der Waals surface area contributed by atoms with Gasteiger partial charge in [-0.3, -0.25) is 13.9 Å². The highest BCUT2D eigenvalue weighted by molar-refractivity contribution is 5.90. The predicted octanol–water partition coefficient (Wildman–Crippen LogP) is 1.71. The number of benzene rings is 1. The topological polar surface area (TPSA) is 65.3 Å². The van der Waals surface area contributed by atoms with E-state index < -0.39 is 0 Å². The second kappa shape index (κ2) is 6.78. The van der Waals surface area contributed by atoms with Gasteiger partial charge < -0.3 is 10.1 Å². The van der Waals surface area contributed by atoms with E-state index in [9.17, 15) is 9.59 Å². The zero-order valence-corrected chi connectivity index (χ0v) is 12.2. The maximum atomic E-state index is 12.0. The lowest BCUT2D eigenvalue weighted by Crippen LogP contribution is -2.29. The van der Waals surface area contributed by atoms with Gasteiger partial charge in [-0.05, 0) is 18.6 Å². The third-order valence-electron chi connectivity index (χ3n) is 3.05. The summed E-state index contributed by atoms with van der Waals surface area (Å²) in [6, 6.07) is 7.08. The fourth-order valence-electron chi connectivity index (χ4n) is 2.04. The fraction of sp³-hybridized carbons (Fsp3) is 0.333. The summed E-state index contributed by atoms with van der Waals surface area (Å²) in [4.78, 5) is 24.0. The summed E-state index contributed by atoms with van der Waals surface area (Å²) in [5, 5.41) is 2.75. The van der Waals surface area contributed by atoms with Crippen LogP contribution >= 0.6 is 0 Å². The number of methoxy groups -OCH3 is 1. The number of aromatic nitrogens is 2. The van der Waals surface area contributed by atoms with Crippen LogP contribution in [0.1, 0.15) is 13.3 Å². The largest absolute Gasteiger partial charge is 0.497 e. The molecule has 1 heterocycles. The Bertz CT molecular complexity index is 673. The van der Waals surface area contributed by atoms with Crippen molar-refractivity contribution in [2.24, 2.45) is 0 Å². The average Bonchev–Trinajstić information content (AvgIpc) is 2.81. The predicted molar refractivity (Wildman–Crippen MR) is 80.6 cm³/mol.